The van der Waals surface area contributed by atoms with Crippen LogP contribution in [0, 0.1) is 5.41 Å². The summed E-state index contributed by atoms with van der Waals surface area (Å²) in [4.78, 5) is 34.2. The summed E-state index contributed by atoms with van der Waals surface area (Å²) in [6.07, 6.45) is 4.31. The molecule has 0 aromatic carbocycles. The molecule has 1 saturated heterocycles. The van der Waals surface area contributed by atoms with Crippen LogP contribution in [0.2, 0.25) is 0 Å². The molecular weight excluding hydrogens is 262 g/mol. The summed E-state index contributed by atoms with van der Waals surface area (Å²) in [5.41, 5.74) is -0.834. The number of carboxylic acids is 1. The van der Waals surface area contributed by atoms with Crippen LogP contribution in [0.3, 0.4) is 0 Å². The second-order valence-electron chi connectivity index (χ2n) is 5.68. The SMILES string of the molecule is O=C1CC(NC(=O)NCC2(C(=O)O)CCCCC2)CN1. The van der Waals surface area contributed by atoms with Gasteiger partial charge in [0.2, 0.25) is 5.91 Å². The topological polar surface area (TPSA) is 108 Å². The number of urea groups is 1. The van der Waals surface area contributed by atoms with Gasteiger partial charge in [-0.25, -0.2) is 4.79 Å². The normalized spacial score (nSPS) is 24.8. The molecule has 3 amide bonds. The van der Waals surface area contributed by atoms with E-state index in [9.17, 15) is 19.5 Å². The molecule has 0 radical (unpaired) electrons. The summed E-state index contributed by atoms with van der Waals surface area (Å²) >= 11 is 0. The number of carbonyl (C=O) groups is 3. The molecule has 4 N–H and O–H groups in total. The Morgan fingerprint density at radius 1 is 1.30 bits per heavy atom. The zero-order valence-electron chi connectivity index (χ0n) is 11.4. The molecule has 7 heteroatoms. The molecule has 1 aliphatic heterocycles. The summed E-state index contributed by atoms with van der Waals surface area (Å²) in [6, 6.07) is -0.618. The molecule has 0 spiro atoms. The van der Waals surface area contributed by atoms with Gasteiger partial charge in [0.1, 0.15) is 0 Å². The first-order valence-electron chi connectivity index (χ1n) is 7.06. The maximum atomic E-state index is 11.8. The third kappa shape index (κ3) is 3.40. The maximum absolute atomic E-state index is 11.8. The van der Waals surface area contributed by atoms with Crippen LogP contribution in [0.5, 0.6) is 0 Å². The summed E-state index contributed by atoms with van der Waals surface area (Å²) in [5, 5.41) is 17.3. The molecule has 2 rings (SSSR count). The number of hydrogen-bond acceptors (Lipinski definition) is 3. The van der Waals surface area contributed by atoms with Crippen LogP contribution in [-0.4, -0.2) is 42.1 Å². The van der Waals surface area contributed by atoms with Crippen LogP contribution >= 0.6 is 0 Å². The van der Waals surface area contributed by atoms with Crippen molar-refractivity contribution in [2.45, 2.75) is 44.6 Å². The molecule has 112 valence electrons. The highest BCUT2D eigenvalue weighted by Crippen LogP contribution is 2.35. The third-order valence-electron chi connectivity index (χ3n) is 4.16. The van der Waals surface area contributed by atoms with Crippen molar-refractivity contribution >= 4 is 17.9 Å². The lowest BCUT2D eigenvalue weighted by atomic mass is 9.74. The van der Waals surface area contributed by atoms with Crippen molar-refractivity contribution in [3.8, 4) is 0 Å². The Labute approximate surface area is 117 Å². The third-order valence-corrected chi connectivity index (χ3v) is 4.16. The van der Waals surface area contributed by atoms with Crippen molar-refractivity contribution in [3.63, 3.8) is 0 Å². The van der Waals surface area contributed by atoms with Crippen molar-refractivity contribution in [1.29, 1.82) is 0 Å². The zero-order chi connectivity index (χ0) is 14.6. The van der Waals surface area contributed by atoms with Gasteiger partial charge < -0.3 is 21.1 Å². The van der Waals surface area contributed by atoms with E-state index in [1.165, 1.54) is 0 Å². The Hall–Kier alpha value is -1.79. The molecule has 1 unspecified atom stereocenters. The van der Waals surface area contributed by atoms with Gasteiger partial charge in [-0.1, -0.05) is 19.3 Å². The van der Waals surface area contributed by atoms with Crippen molar-refractivity contribution < 1.29 is 19.5 Å². The van der Waals surface area contributed by atoms with Crippen molar-refractivity contribution in [2.75, 3.05) is 13.1 Å². The monoisotopic (exact) mass is 283 g/mol. The molecule has 1 aliphatic carbocycles. The quantitative estimate of drug-likeness (QED) is 0.591. The van der Waals surface area contributed by atoms with E-state index in [1.807, 2.05) is 0 Å². The second-order valence-corrected chi connectivity index (χ2v) is 5.68. The number of carbonyl (C=O) groups excluding carboxylic acids is 2. The molecule has 7 nitrogen and oxygen atoms in total. The van der Waals surface area contributed by atoms with Crippen molar-refractivity contribution in [3.05, 3.63) is 0 Å². The van der Waals surface area contributed by atoms with Gasteiger partial charge in [-0.05, 0) is 12.8 Å². The van der Waals surface area contributed by atoms with Crippen molar-refractivity contribution in [2.24, 2.45) is 5.41 Å². The highest BCUT2D eigenvalue weighted by Gasteiger charge is 2.39. The lowest BCUT2D eigenvalue weighted by Crippen LogP contribution is -2.49. The molecule has 20 heavy (non-hydrogen) atoms. The number of carboxylic acid groups (broad SMARTS) is 1. The van der Waals surface area contributed by atoms with Crippen LogP contribution in [-0.2, 0) is 9.59 Å². The minimum Gasteiger partial charge on any atom is -0.481 e. The minimum atomic E-state index is -0.838. The molecule has 0 bridgehead atoms. The average molecular weight is 283 g/mol. The first kappa shape index (κ1) is 14.6. The molecular formula is C13H21N3O4. The zero-order valence-corrected chi connectivity index (χ0v) is 11.4. The van der Waals surface area contributed by atoms with Crippen LogP contribution in [0.15, 0.2) is 0 Å². The Morgan fingerprint density at radius 2 is 2.00 bits per heavy atom. The van der Waals surface area contributed by atoms with E-state index >= 15 is 0 Å². The van der Waals surface area contributed by atoms with E-state index in [2.05, 4.69) is 16.0 Å². The standard InChI is InChI=1S/C13H21N3O4/c17-10-6-9(7-14-10)16-12(20)15-8-13(11(18)19)4-2-1-3-5-13/h9H,1-8H2,(H,14,17)(H,18,19)(H2,15,16,20). The van der Waals surface area contributed by atoms with E-state index in [0.29, 0.717) is 19.4 Å². The van der Waals surface area contributed by atoms with E-state index < -0.39 is 17.4 Å². The van der Waals surface area contributed by atoms with E-state index in [4.69, 9.17) is 0 Å². The minimum absolute atomic E-state index is 0.0791. The fourth-order valence-electron chi connectivity index (χ4n) is 2.89. The van der Waals surface area contributed by atoms with Gasteiger partial charge in [-0.15, -0.1) is 0 Å². The molecule has 0 aromatic rings. The first-order chi connectivity index (χ1) is 9.52. The lowest BCUT2D eigenvalue weighted by Gasteiger charge is -2.33. The number of hydrogen-bond donors (Lipinski definition) is 4. The van der Waals surface area contributed by atoms with Crippen LogP contribution in [0.1, 0.15) is 38.5 Å². The first-order valence-corrected chi connectivity index (χ1v) is 7.06. The Morgan fingerprint density at radius 3 is 2.55 bits per heavy atom. The molecule has 2 aliphatic rings. The van der Waals surface area contributed by atoms with Crippen LogP contribution in [0.25, 0.3) is 0 Å². The Balaban J connectivity index is 1.81. The molecule has 2 fully saturated rings. The maximum Gasteiger partial charge on any atom is 0.315 e. The highest BCUT2D eigenvalue weighted by molar-refractivity contribution is 5.82. The van der Waals surface area contributed by atoms with Gasteiger partial charge in [0.15, 0.2) is 0 Å². The van der Waals surface area contributed by atoms with Crippen LogP contribution in [0.4, 0.5) is 4.79 Å². The number of nitrogens with one attached hydrogen (secondary N) is 3. The number of rotatable bonds is 4. The molecule has 1 heterocycles. The van der Waals surface area contributed by atoms with Gasteiger partial charge >= 0.3 is 12.0 Å². The Bertz CT molecular complexity index is 404. The highest BCUT2D eigenvalue weighted by atomic mass is 16.4. The van der Waals surface area contributed by atoms with E-state index in [1.54, 1.807) is 0 Å². The van der Waals surface area contributed by atoms with Gasteiger partial charge in [0.25, 0.3) is 0 Å². The van der Waals surface area contributed by atoms with Gasteiger partial charge in [-0.2, -0.15) is 0 Å². The smallest absolute Gasteiger partial charge is 0.315 e. The lowest BCUT2D eigenvalue weighted by molar-refractivity contribution is -0.150. The molecule has 1 saturated carbocycles. The average Bonchev–Trinajstić information content (AvgIpc) is 2.83. The number of amides is 3. The molecule has 0 aromatic heterocycles. The summed E-state index contributed by atoms with van der Waals surface area (Å²) in [6.45, 7) is 0.568. The van der Waals surface area contributed by atoms with Gasteiger partial charge in [0, 0.05) is 19.5 Å². The second kappa shape index (κ2) is 6.11. The predicted molar refractivity (Wildman–Crippen MR) is 71.1 cm³/mol. The summed E-state index contributed by atoms with van der Waals surface area (Å²) < 4.78 is 0. The fraction of sp³-hybridized carbons (Fsp3) is 0.769. The van der Waals surface area contributed by atoms with Gasteiger partial charge in [0.05, 0.1) is 11.5 Å². The predicted octanol–water partition coefficient (Wildman–Crippen LogP) is 0.209. The summed E-state index contributed by atoms with van der Waals surface area (Å²) in [5.74, 6) is -0.917. The van der Waals surface area contributed by atoms with E-state index in [0.717, 1.165) is 19.3 Å². The molecule has 1 atom stereocenters. The van der Waals surface area contributed by atoms with Crippen LogP contribution < -0.4 is 16.0 Å². The fourth-order valence-corrected chi connectivity index (χ4v) is 2.89. The summed E-state index contributed by atoms with van der Waals surface area (Å²) in [7, 11) is 0. The Kier molecular flexibility index (Phi) is 4.46. The van der Waals surface area contributed by atoms with Gasteiger partial charge in [-0.3, -0.25) is 9.59 Å². The van der Waals surface area contributed by atoms with Crippen molar-refractivity contribution in [1.82, 2.24) is 16.0 Å². The van der Waals surface area contributed by atoms with E-state index in [-0.39, 0.29) is 24.9 Å². The largest absolute Gasteiger partial charge is 0.481 e. The number of aliphatic carboxylic acids is 1.